The van der Waals surface area contributed by atoms with E-state index in [4.69, 9.17) is 16.2 Å². The van der Waals surface area contributed by atoms with Gasteiger partial charge in [-0.3, -0.25) is 9.59 Å². The second kappa shape index (κ2) is 7.45. The summed E-state index contributed by atoms with van der Waals surface area (Å²) in [6.07, 6.45) is 2.89. The van der Waals surface area contributed by atoms with Gasteiger partial charge in [0, 0.05) is 26.3 Å². The topological polar surface area (TPSA) is 98.7 Å². The van der Waals surface area contributed by atoms with Crippen molar-refractivity contribution in [2.45, 2.75) is 44.7 Å². The Balaban J connectivity index is 2.55. The second-order valence-corrected chi connectivity index (χ2v) is 5.26. The number of amides is 2. The van der Waals surface area contributed by atoms with E-state index in [1.165, 1.54) is 0 Å². The van der Waals surface area contributed by atoms with Gasteiger partial charge in [0.2, 0.25) is 11.8 Å². The van der Waals surface area contributed by atoms with E-state index in [0.717, 1.165) is 19.3 Å². The van der Waals surface area contributed by atoms with E-state index in [0.29, 0.717) is 19.6 Å². The molecule has 0 aromatic rings. The number of hydrogen-bond donors (Lipinski definition) is 2. The molecule has 6 nitrogen and oxygen atoms in total. The highest BCUT2D eigenvalue weighted by Crippen LogP contribution is 2.22. The average molecular weight is 271 g/mol. The van der Waals surface area contributed by atoms with Crippen LogP contribution < -0.4 is 11.5 Å². The number of methoxy groups -OCH3 is 1. The lowest BCUT2D eigenvalue weighted by molar-refractivity contribution is -0.139. The molecule has 2 amide bonds. The molecule has 0 bridgehead atoms. The van der Waals surface area contributed by atoms with Crippen molar-refractivity contribution < 1.29 is 14.3 Å². The fourth-order valence-electron chi connectivity index (χ4n) is 2.43. The molecule has 0 aliphatic carbocycles. The lowest BCUT2D eigenvalue weighted by atomic mass is 9.92. The highest BCUT2D eigenvalue weighted by atomic mass is 16.5. The van der Waals surface area contributed by atoms with Crippen molar-refractivity contribution in [2.75, 3.05) is 20.3 Å². The monoisotopic (exact) mass is 271 g/mol. The minimum Gasteiger partial charge on any atom is -0.385 e. The maximum atomic E-state index is 12.3. The predicted molar refractivity (Wildman–Crippen MR) is 72.2 cm³/mol. The molecule has 1 aliphatic heterocycles. The molecular weight excluding hydrogens is 246 g/mol. The third kappa shape index (κ3) is 4.47. The zero-order chi connectivity index (χ0) is 14.4. The molecule has 0 aromatic carbocycles. The number of ether oxygens (including phenoxy) is 1. The van der Waals surface area contributed by atoms with E-state index in [2.05, 4.69) is 0 Å². The summed E-state index contributed by atoms with van der Waals surface area (Å²) in [6.45, 7) is 2.98. The Morgan fingerprint density at radius 1 is 1.42 bits per heavy atom. The van der Waals surface area contributed by atoms with Gasteiger partial charge < -0.3 is 21.1 Å². The van der Waals surface area contributed by atoms with Gasteiger partial charge in [-0.1, -0.05) is 0 Å². The van der Waals surface area contributed by atoms with Crippen molar-refractivity contribution in [1.29, 1.82) is 0 Å². The Morgan fingerprint density at radius 2 is 2.11 bits per heavy atom. The van der Waals surface area contributed by atoms with Crippen molar-refractivity contribution in [3.63, 3.8) is 0 Å². The molecular formula is C13H25N3O3. The highest BCUT2D eigenvalue weighted by molar-refractivity contribution is 5.83. The first-order valence-corrected chi connectivity index (χ1v) is 6.81. The lowest BCUT2D eigenvalue weighted by Crippen LogP contribution is -2.53. The van der Waals surface area contributed by atoms with Gasteiger partial charge >= 0.3 is 0 Å². The van der Waals surface area contributed by atoms with Gasteiger partial charge in [0.25, 0.3) is 0 Å². The van der Waals surface area contributed by atoms with Crippen LogP contribution in [0.2, 0.25) is 0 Å². The van der Waals surface area contributed by atoms with Gasteiger partial charge in [0.1, 0.15) is 0 Å². The van der Waals surface area contributed by atoms with Crippen LogP contribution in [0.1, 0.15) is 32.6 Å². The van der Waals surface area contributed by atoms with E-state index in [1.807, 2.05) is 6.92 Å². The summed E-state index contributed by atoms with van der Waals surface area (Å²) >= 11 is 0. The van der Waals surface area contributed by atoms with Gasteiger partial charge in [-0.2, -0.15) is 0 Å². The second-order valence-electron chi connectivity index (χ2n) is 5.26. The first-order chi connectivity index (χ1) is 8.97. The summed E-state index contributed by atoms with van der Waals surface area (Å²) in [5.41, 5.74) is 11.2. The molecule has 6 heteroatoms. The van der Waals surface area contributed by atoms with E-state index in [9.17, 15) is 9.59 Å². The van der Waals surface area contributed by atoms with Gasteiger partial charge in [-0.05, 0) is 32.6 Å². The minimum atomic E-state index is -0.524. The van der Waals surface area contributed by atoms with Crippen molar-refractivity contribution in [3.8, 4) is 0 Å². The number of carbonyl (C=O) groups excluding carboxylic acids is 2. The molecule has 0 radical (unpaired) electrons. The first kappa shape index (κ1) is 15.9. The third-order valence-electron chi connectivity index (χ3n) is 3.75. The smallest absolute Gasteiger partial charge is 0.239 e. The Hall–Kier alpha value is -1.14. The fraction of sp³-hybridized carbons (Fsp3) is 0.846. The number of rotatable bonds is 6. The lowest BCUT2D eigenvalue weighted by Gasteiger charge is -2.38. The van der Waals surface area contributed by atoms with Crippen molar-refractivity contribution in [2.24, 2.45) is 17.4 Å². The third-order valence-corrected chi connectivity index (χ3v) is 3.75. The minimum absolute atomic E-state index is 0.0884. The molecule has 0 spiro atoms. The number of piperidine rings is 1. The zero-order valence-electron chi connectivity index (χ0n) is 11.8. The Bertz CT molecular complexity index is 322. The molecule has 3 atom stereocenters. The van der Waals surface area contributed by atoms with E-state index < -0.39 is 6.04 Å². The molecule has 1 saturated heterocycles. The first-order valence-electron chi connectivity index (χ1n) is 6.81. The Kier molecular flexibility index (Phi) is 6.24. The average Bonchev–Trinajstić information content (AvgIpc) is 2.38. The van der Waals surface area contributed by atoms with Gasteiger partial charge in [-0.15, -0.1) is 0 Å². The van der Waals surface area contributed by atoms with Crippen molar-refractivity contribution in [1.82, 2.24) is 4.90 Å². The summed E-state index contributed by atoms with van der Waals surface area (Å²) in [6, 6.07) is -0.402. The summed E-state index contributed by atoms with van der Waals surface area (Å²) in [7, 11) is 1.62. The quantitative estimate of drug-likeness (QED) is 0.656. The number of nitrogens with two attached hydrogens (primary N) is 2. The molecule has 1 heterocycles. The number of hydrogen-bond acceptors (Lipinski definition) is 4. The predicted octanol–water partition coefficient (Wildman–Crippen LogP) is -0.147. The van der Waals surface area contributed by atoms with Gasteiger partial charge in [0.05, 0.1) is 12.0 Å². The van der Waals surface area contributed by atoms with Crippen LogP contribution in [0.15, 0.2) is 0 Å². The normalized spacial score (nSPS) is 25.1. The number of primary amides is 1. The standard InChI is InChI=1S/C13H25N3O3/c1-9-5-6-10(12(15)17)8-16(9)13(18)11(14)4-3-7-19-2/h9-11H,3-8,14H2,1-2H3,(H2,15,17). The van der Waals surface area contributed by atoms with Gasteiger partial charge in [0.15, 0.2) is 0 Å². The Labute approximate surface area is 114 Å². The van der Waals surface area contributed by atoms with Crippen LogP contribution >= 0.6 is 0 Å². The number of likely N-dealkylation sites (tertiary alicyclic amines) is 1. The summed E-state index contributed by atoms with van der Waals surface area (Å²) in [5, 5.41) is 0. The van der Waals surface area contributed by atoms with E-state index in [-0.39, 0.29) is 23.8 Å². The number of nitrogens with zero attached hydrogens (tertiary/aromatic N) is 1. The van der Waals surface area contributed by atoms with Crippen LogP contribution in [0.3, 0.4) is 0 Å². The van der Waals surface area contributed by atoms with Crippen LogP contribution in [0.25, 0.3) is 0 Å². The van der Waals surface area contributed by atoms with Crippen LogP contribution in [0, 0.1) is 5.92 Å². The van der Waals surface area contributed by atoms with Crippen molar-refractivity contribution >= 4 is 11.8 Å². The van der Waals surface area contributed by atoms with Crippen LogP contribution in [-0.4, -0.2) is 49.1 Å². The van der Waals surface area contributed by atoms with Gasteiger partial charge in [-0.25, -0.2) is 0 Å². The largest absolute Gasteiger partial charge is 0.385 e. The molecule has 1 rings (SSSR count). The van der Waals surface area contributed by atoms with E-state index in [1.54, 1.807) is 12.0 Å². The molecule has 1 fully saturated rings. The van der Waals surface area contributed by atoms with Crippen LogP contribution in [0.4, 0.5) is 0 Å². The summed E-state index contributed by atoms with van der Waals surface area (Å²) in [4.78, 5) is 25.2. The maximum Gasteiger partial charge on any atom is 0.239 e. The fourth-order valence-corrected chi connectivity index (χ4v) is 2.43. The summed E-state index contributed by atoms with van der Waals surface area (Å²) in [5.74, 6) is -0.668. The molecule has 4 N–H and O–H groups in total. The molecule has 19 heavy (non-hydrogen) atoms. The summed E-state index contributed by atoms with van der Waals surface area (Å²) < 4.78 is 4.95. The Morgan fingerprint density at radius 3 is 2.68 bits per heavy atom. The molecule has 3 unspecified atom stereocenters. The van der Waals surface area contributed by atoms with E-state index >= 15 is 0 Å². The SMILES string of the molecule is COCCCC(N)C(=O)N1CC(C(N)=O)CCC1C. The molecule has 110 valence electrons. The zero-order valence-corrected chi connectivity index (χ0v) is 11.8. The molecule has 1 aliphatic rings. The van der Waals surface area contributed by atoms with Crippen molar-refractivity contribution in [3.05, 3.63) is 0 Å². The maximum absolute atomic E-state index is 12.3. The van der Waals surface area contributed by atoms with Crippen LogP contribution in [-0.2, 0) is 14.3 Å². The van der Waals surface area contributed by atoms with Crippen LogP contribution in [0.5, 0.6) is 0 Å². The molecule has 0 aromatic heterocycles. The number of carbonyl (C=O) groups is 2. The highest BCUT2D eigenvalue weighted by Gasteiger charge is 2.33. The molecule has 0 saturated carbocycles.